The number of methoxy groups -OCH3 is 1. The van der Waals surface area contributed by atoms with Crippen molar-refractivity contribution >= 4 is 28.9 Å². The van der Waals surface area contributed by atoms with Gasteiger partial charge in [0.05, 0.1) is 18.5 Å². The molecule has 0 unspecified atom stereocenters. The van der Waals surface area contributed by atoms with Crippen LogP contribution >= 0.6 is 11.6 Å². The number of nitro benzene ring substituents is 1. The summed E-state index contributed by atoms with van der Waals surface area (Å²) < 4.78 is 5.04. The lowest BCUT2D eigenvalue weighted by molar-refractivity contribution is -0.383. The molecule has 6 nitrogen and oxygen atoms in total. The Hall–Kier alpha value is -2.60. The molecule has 0 heterocycles. The van der Waals surface area contributed by atoms with Gasteiger partial charge in [0, 0.05) is 11.1 Å². The van der Waals surface area contributed by atoms with E-state index >= 15 is 0 Å². The lowest BCUT2D eigenvalue weighted by Gasteiger charge is -2.07. The van der Waals surface area contributed by atoms with E-state index in [0.717, 1.165) is 5.56 Å². The minimum absolute atomic E-state index is 0.101. The van der Waals surface area contributed by atoms with Gasteiger partial charge in [-0.05, 0) is 29.8 Å². The molecule has 0 saturated heterocycles. The number of amides is 1. The molecule has 0 aliphatic rings. The molecule has 0 aliphatic carbocycles. The fourth-order valence-corrected chi connectivity index (χ4v) is 2.05. The molecule has 0 radical (unpaired) electrons. The highest BCUT2D eigenvalue weighted by molar-refractivity contribution is 6.31. The van der Waals surface area contributed by atoms with Crippen LogP contribution in [0.2, 0.25) is 5.02 Å². The van der Waals surface area contributed by atoms with Crippen LogP contribution < -0.4 is 10.1 Å². The van der Waals surface area contributed by atoms with E-state index in [2.05, 4.69) is 5.32 Å². The number of halogens is 1. The molecule has 0 aliphatic heterocycles. The molecule has 2 rings (SSSR count). The van der Waals surface area contributed by atoms with E-state index in [0.29, 0.717) is 5.75 Å². The Morgan fingerprint density at radius 3 is 2.55 bits per heavy atom. The highest BCUT2D eigenvalue weighted by Crippen LogP contribution is 2.27. The summed E-state index contributed by atoms with van der Waals surface area (Å²) in [4.78, 5) is 22.4. The number of carbonyl (C=O) groups is 1. The normalized spacial score (nSPS) is 10.1. The number of hydrogen-bond acceptors (Lipinski definition) is 4. The summed E-state index contributed by atoms with van der Waals surface area (Å²) in [6.45, 7) is 0. The molecule has 0 atom stereocenters. The van der Waals surface area contributed by atoms with Gasteiger partial charge in [-0.1, -0.05) is 23.7 Å². The zero-order valence-corrected chi connectivity index (χ0v) is 12.5. The van der Waals surface area contributed by atoms with Gasteiger partial charge in [-0.2, -0.15) is 0 Å². The van der Waals surface area contributed by atoms with Gasteiger partial charge in [-0.3, -0.25) is 14.9 Å². The van der Waals surface area contributed by atoms with Gasteiger partial charge < -0.3 is 10.1 Å². The Balaban J connectivity index is 2.10. The van der Waals surface area contributed by atoms with E-state index in [9.17, 15) is 14.9 Å². The minimum Gasteiger partial charge on any atom is -0.497 e. The van der Waals surface area contributed by atoms with Crippen molar-refractivity contribution in [1.82, 2.24) is 0 Å². The van der Waals surface area contributed by atoms with Crippen LogP contribution in [0.1, 0.15) is 5.56 Å². The molecule has 1 N–H and O–H groups in total. The van der Waals surface area contributed by atoms with Crippen LogP contribution in [0.25, 0.3) is 0 Å². The maximum Gasteiger partial charge on any atom is 0.294 e. The molecule has 0 aromatic heterocycles. The molecule has 0 bridgehead atoms. The zero-order chi connectivity index (χ0) is 16.1. The van der Waals surface area contributed by atoms with Gasteiger partial charge >= 0.3 is 0 Å². The summed E-state index contributed by atoms with van der Waals surface area (Å²) in [6, 6.07) is 11.1. The number of carbonyl (C=O) groups excluding carboxylic acids is 1. The second-order valence-electron chi connectivity index (χ2n) is 4.49. The van der Waals surface area contributed by atoms with Crippen molar-refractivity contribution < 1.29 is 14.5 Å². The standard InChI is InChI=1S/C15H13ClN2O4/c1-22-12-5-2-10(3-6-12)8-15(19)17-13-7-4-11(16)9-14(13)18(20)21/h2-7,9H,8H2,1H3,(H,17,19). The first kappa shape index (κ1) is 15.8. The average Bonchev–Trinajstić information content (AvgIpc) is 2.49. The Morgan fingerprint density at radius 1 is 1.27 bits per heavy atom. The molecule has 22 heavy (non-hydrogen) atoms. The van der Waals surface area contributed by atoms with E-state index in [1.54, 1.807) is 31.4 Å². The van der Waals surface area contributed by atoms with Crippen LogP contribution in [-0.4, -0.2) is 17.9 Å². The van der Waals surface area contributed by atoms with E-state index in [-0.39, 0.29) is 28.7 Å². The molecular weight excluding hydrogens is 308 g/mol. The Labute approximate surface area is 131 Å². The summed E-state index contributed by atoms with van der Waals surface area (Å²) in [7, 11) is 1.56. The SMILES string of the molecule is COc1ccc(CC(=O)Nc2ccc(Cl)cc2[N+](=O)[O-])cc1. The van der Waals surface area contributed by atoms with Gasteiger partial charge in [0.25, 0.3) is 5.69 Å². The highest BCUT2D eigenvalue weighted by Gasteiger charge is 2.16. The van der Waals surface area contributed by atoms with Gasteiger partial charge in [-0.15, -0.1) is 0 Å². The van der Waals surface area contributed by atoms with E-state index in [1.165, 1.54) is 18.2 Å². The lowest BCUT2D eigenvalue weighted by atomic mass is 10.1. The molecule has 1 amide bonds. The minimum atomic E-state index is -0.588. The third-order valence-corrected chi connectivity index (χ3v) is 3.19. The number of anilines is 1. The zero-order valence-electron chi connectivity index (χ0n) is 11.7. The molecule has 0 saturated carbocycles. The van der Waals surface area contributed by atoms with Crippen molar-refractivity contribution in [3.63, 3.8) is 0 Å². The fraction of sp³-hybridized carbons (Fsp3) is 0.133. The second kappa shape index (κ2) is 6.91. The summed E-state index contributed by atoms with van der Waals surface area (Å²) in [6.07, 6.45) is 0.101. The Kier molecular flexibility index (Phi) is 4.95. The Morgan fingerprint density at radius 2 is 1.95 bits per heavy atom. The average molecular weight is 321 g/mol. The smallest absolute Gasteiger partial charge is 0.294 e. The predicted molar refractivity (Wildman–Crippen MR) is 83.4 cm³/mol. The second-order valence-corrected chi connectivity index (χ2v) is 4.93. The number of ether oxygens (including phenoxy) is 1. The maximum absolute atomic E-state index is 12.0. The Bertz CT molecular complexity index is 701. The van der Waals surface area contributed by atoms with Crippen LogP contribution in [0.5, 0.6) is 5.75 Å². The summed E-state index contributed by atoms with van der Waals surface area (Å²) in [5.74, 6) is 0.341. The van der Waals surface area contributed by atoms with Crippen molar-refractivity contribution in [2.45, 2.75) is 6.42 Å². The molecule has 7 heteroatoms. The molecular formula is C15H13ClN2O4. The summed E-state index contributed by atoms with van der Waals surface area (Å²) >= 11 is 5.73. The third-order valence-electron chi connectivity index (χ3n) is 2.95. The van der Waals surface area contributed by atoms with Crippen LogP contribution in [0.3, 0.4) is 0 Å². The maximum atomic E-state index is 12.0. The first-order chi connectivity index (χ1) is 10.5. The molecule has 2 aromatic rings. The van der Waals surface area contributed by atoms with Crippen molar-refractivity contribution in [1.29, 1.82) is 0 Å². The van der Waals surface area contributed by atoms with Crippen LogP contribution in [0, 0.1) is 10.1 Å². The summed E-state index contributed by atoms with van der Waals surface area (Å²) in [5, 5.41) is 13.7. The third kappa shape index (κ3) is 3.95. The molecule has 0 fully saturated rings. The van der Waals surface area contributed by atoms with Gasteiger partial charge in [-0.25, -0.2) is 0 Å². The van der Waals surface area contributed by atoms with Crippen molar-refractivity contribution in [3.05, 3.63) is 63.2 Å². The molecule has 0 spiro atoms. The van der Waals surface area contributed by atoms with Gasteiger partial charge in [0.2, 0.25) is 5.91 Å². The van der Waals surface area contributed by atoms with E-state index in [1.807, 2.05) is 0 Å². The highest BCUT2D eigenvalue weighted by atomic mass is 35.5. The molecule has 114 valence electrons. The van der Waals surface area contributed by atoms with E-state index in [4.69, 9.17) is 16.3 Å². The van der Waals surface area contributed by atoms with E-state index < -0.39 is 4.92 Å². The van der Waals surface area contributed by atoms with Gasteiger partial charge in [0.1, 0.15) is 11.4 Å². The van der Waals surface area contributed by atoms with Gasteiger partial charge in [0.15, 0.2) is 0 Å². The number of benzene rings is 2. The predicted octanol–water partition coefficient (Wildman–Crippen LogP) is 3.44. The van der Waals surface area contributed by atoms with Crippen LogP contribution in [-0.2, 0) is 11.2 Å². The van der Waals surface area contributed by atoms with Crippen LogP contribution in [0.15, 0.2) is 42.5 Å². The number of rotatable bonds is 5. The number of nitro groups is 1. The number of nitrogens with one attached hydrogen (secondary N) is 1. The first-order valence-electron chi connectivity index (χ1n) is 6.36. The lowest BCUT2D eigenvalue weighted by Crippen LogP contribution is -2.15. The number of nitrogens with zero attached hydrogens (tertiary/aromatic N) is 1. The monoisotopic (exact) mass is 320 g/mol. The molecule has 2 aromatic carbocycles. The first-order valence-corrected chi connectivity index (χ1v) is 6.74. The number of hydrogen-bond donors (Lipinski definition) is 1. The fourth-order valence-electron chi connectivity index (χ4n) is 1.88. The van der Waals surface area contributed by atoms with Crippen molar-refractivity contribution in [2.24, 2.45) is 0 Å². The van der Waals surface area contributed by atoms with Crippen molar-refractivity contribution in [2.75, 3.05) is 12.4 Å². The van der Waals surface area contributed by atoms with Crippen LogP contribution in [0.4, 0.5) is 11.4 Å². The topological polar surface area (TPSA) is 81.5 Å². The largest absolute Gasteiger partial charge is 0.497 e. The van der Waals surface area contributed by atoms with Crippen molar-refractivity contribution in [3.8, 4) is 5.75 Å². The quantitative estimate of drug-likeness (QED) is 0.676. The summed E-state index contributed by atoms with van der Waals surface area (Å²) in [5.41, 5.74) is 0.651.